The predicted octanol–water partition coefficient (Wildman–Crippen LogP) is 1.99. The van der Waals surface area contributed by atoms with Crippen LogP contribution in [0.4, 0.5) is 0 Å². The van der Waals surface area contributed by atoms with Gasteiger partial charge in [-0.15, -0.1) is 0 Å². The number of aryl methyl sites for hydroxylation is 1. The predicted molar refractivity (Wildman–Crippen MR) is 49.5 cm³/mol. The molecular formula is C8H13N3S. The van der Waals surface area contributed by atoms with Gasteiger partial charge in [-0.05, 0) is 31.0 Å². The van der Waals surface area contributed by atoms with Crippen LogP contribution in [0.3, 0.4) is 0 Å². The molecule has 1 atom stereocenters. The molecule has 0 spiro atoms. The number of aromatic nitrogens is 3. The zero-order valence-electron chi connectivity index (χ0n) is 7.37. The molecule has 0 aliphatic heterocycles. The number of aromatic amines is 1. The van der Waals surface area contributed by atoms with Crippen molar-refractivity contribution in [3.05, 3.63) is 10.6 Å². The molecule has 1 unspecified atom stereocenters. The molecule has 4 heteroatoms. The molecular weight excluding hydrogens is 170 g/mol. The lowest BCUT2D eigenvalue weighted by Crippen LogP contribution is -1.99. The molecule has 1 aliphatic rings. The molecule has 0 amide bonds. The van der Waals surface area contributed by atoms with E-state index in [1.807, 2.05) is 7.05 Å². The van der Waals surface area contributed by atoms with Crippen LogP contribution in [-0.2, 0) is 7.05 Å². The fourth-order valence-corrected chi connectivity index (χ4v) is 1.59. The minimum atomic E-state index is 0.549. The molecule has 66 valence electrons. The van der Waals surface area contributed by atoms with Crippen molar-refractivity contribution in [2.75, 3.05) is 0 Å². The summed E-state index contributed by atoms with van der Waals surface area (Å²) in [6.45, 7) is 2.21. The molecule has 1 aliphatic carbocycles. The summed E-state index contributed by atoms with van der Waals surface area (Å²) in [5, 5.41) is 3.17. The Hall–Kier alpha value is -0.640. The second-order valence-electron chi connectivity index (χ2n) is 3.58. The van der Waals surface area contributed by atoms with Crippen molar-refractivity contribution in [2.24, 2.45) is 13.0 Å². The van der Waals surface area contributed by atoms with Gasteiger partial charge in [-0.1, -0.05) is 6.92 Å². The lowest BCUT2D eigenvalue weighted by molar-refractivity contribution is 0.609. The van der Waals surface area contributed by atoms with E-state index in [0.29, 0.717) is 10.7 Å². The molecule has 1 fully saturated rings. The Labute approximate surface area is 76.8 Å². The van der Waals surface area contributed by atoms with Crippen molar-refractivity contribution in [2.45, 2.75) is 25.7 Å². The van der Waals surface area contributed by atoms with Crippen molar-refractivity contribution >= 4 is 12.2 Å². The Morgan fingerprint density at radius 3 is 2.75 bits per heavy atom. The molecule has 0 bridgehead atoms. The third-order valence-corrected chi connectivity index (χ3v) is 2.91. The van der Waals surface area contributed by atoms with E-state index in [0.717, 1.165) is 11.7 Å². The zero-order chi connectivity index (χ0) is 8.72. The van der Waals surface area contributed by atoms with Gasteiger partial charge in [-0.3, -0.25) is 9.78 Å². The summed E-state index contributed by atoms with van der Waals surface area (Å²) in [7, 11) is 1.90. The van der Waals surface area contributed by atoms with Crippen molar-refractivity contribution in [1.29, 1.82) is 0 Å². The fraction of sp³-hybridized carbons (Fsp3) is 0.750. The Kier molecular flexibility index (Phi) is 1.79. The summed E-state index contributed by atoms with van der Waals surface area (Å²) >= 11 is 5.02. The molecule has 1 N–H and O–H groups in total. The average molecular weight is 183 g/mol. The summed E-state index contributed by atoms with van der Waals surface area (Å²) in [6.07, 6.45) is 2.69. The Morgan fingerprint density at radius 2 is 2.33 bits per heavy atom. The smallest absolute Gasteiger partial charge is 0.215 e. The Bertz CT molecular complexity index is 334. The fourth-order valence-electron chi connectivity index (χ4n) is 1.45. The largest absolute Gasteiger partial charge is 0.283 e. The van der Waals surface area contributed by atoms with Gasteiger partial charge in [0.25, 0.3) is 0 Å². The lowest BCUT2D eigenvalue weighted by Gasteiger charge is -2.03. The number of rotatable bonds is 2. The highest BCUT2D eigenvalue weighted by Gasteiger charge is 2.30. The van der Waals surface area contributed by atoms with Gasteiger partial charge in [0.1, 0.15) is 5.82 Å². The highest BCUT2D eigenvalue weighted by atomic mass is 32.1. The van der Waals surface area contributed by atoms with Crippen molar-refractivity contribution in [1.82, 2.24) is 14.8 Å². The van der Waals surface area contributed by atoms with Crippen molar-refractivity contribution in [3.63, 3.8) is 0 Å². The number of nitrogens with zero attached hydrogens (tertiary/aromatic N) is 2. The first-order chi connectivity index (χ1) is 5.68. The summed E-state index contributed by atoms with van der Waals surface area (Å²) < 4.78 is 2.45. The van der Waals surface area contributed by atoms with Gasteiger partial charge in [0, 0.05) is 13.0 Å². The van der Waals surface area contributed by atoms with Gasteiger partial charge in [0.05, 0.1) is 0 Å². The van der Waals surface area contributed by atoms with Crippen LogP contribution in [0.15, 0.2) is 0 Å². The maximum absolute atomic E-state index is 5.02. The molecule has 3 nitrogen and oxygen atoms in total. The van der Waals surface area contributed by atoms with E-state index in [1.54, 1.807) is 4.68 Å². The third-order valence-electron chi connectivity index (χ3n) is 2.55. The molecule has 1 heterocycles. The lowest BCUT2D eigenvalue weighted by atomic mass is 10.1. The summed E-state index contributed by atoms with van der Waals surface area (Å²) in [5.74, 6) is 2.43. The topological polar surface area (TPSA) is 33.6 Å². The number of hydrogen-bond donors (Lipinski definition) is 1. The van der Waals surface area contributed by atoms with Crippen LogP contribution in [0.25, 0.3) is 0 Å². The molecule has 12 heavy (non-hydrogen) atoms. The SMILES string of the molecule is CC(c1nc(=S)n(C)[nH]1)C1CC1. The summed E-state index contributed by atoms with van der Waals surface area (Å²) in [5.41, 5.74) is 0. The van der Waals surface area contributed by atoms with Crippen molar-refractivity contribution < 1.29 is 0 Å². The highest BCUT2D eigenvalue weighted by molar-refractivity contribution is 7.71. The van der Waals surface area contributed by atoms with Crippen LogP contribution in [-0.4, -0.2) is 14.8 Å². The van der Waals surface area contributed by atoms with Crippen LogP contribution in [0.2, 0.25) is 0 Å². The van der Waals surface area contributed by atoms with Gasteiger partial charge in [0.2, 0.25) is 4.77 Å². The van der Waals surface area contributed by atoms with E-state index in [-0.39, 0.29) is 0 Å². The quantitative estimate of drug-likeness (QED) is 0.711. The van der Waals surface area contributed by atoms with Gasteiger partial charge in [-0.2, -0.15) is 0 Å². The minimum absolute atomic E-state index is 0.549. The standard InChI is InChI=1S/C8H13N3S/c1-5(6-3-4-6)7-9-8(12)11(2)10-7/h5-6H,3-4H2,1-2H3,(H,9,10,12). The maximum Gasteiger partial charge on any atom is 0.215 e. The Balaban J connectivity index is 2.26. The summed E-state index contributed by atoms with van der Waals surface area (Å²) in [4.78, 5) is 4.29. The van der Waals surface area contributed by atoms with Gasteiger partial charge in [0.15, 0.2) is 0 Å². The molecule has 0 radical (unpaired) electrons. The first kappa shape index (κ1) is 7.98. The third kappa shape index (κ3) is 1.31. The van der Waals surface area contributed by atoms with Crippen LogP contribution in [0, 0.1) is 10.7 Å². The van der Waals surface area contributed by atoms with E-state index in [9.17, 15) is 0 Å². The van der Waals surface area contributed by atoms with E-state index >= 15 is 0 Å². The normalized spacial score (nSPS) is 19.5. The molecule has 2 rings (SSSR count). The number of hydrogen-bond acceptors (Lipinski definition) is 2. The summed E-state index contributed by atoms with van der Waals surface area (Å²) in [6, 6.07) is 0. The highest BCUT2D eigenvalue weighted by Crippen LogP contribution is 2.40. The van der Waals surface area contributed by atoms with Crippen LogP contribution >= 0.6 is 12.2 Å². The van der Waals surface area contributed by atoms with Gasteiger partial charge >= 0.3 is 0 Å². The van der Waals surface area contributed by atoms with Crippen LogP contribution in [0.5, 0.6) is 0 Å². The molecule has 1 aromatic rings. The van der Waals surface area contributed by atoms with Gasteiger partial charge < -0.3 is 0 Å². The molecule has 1 aromatic heterocycles. The van der Waals surface area contributed by atoms with Crippen LogP contribution < -0.4 is 0 Å². The van der Waals surface area contributed by atoms with E-state index in [2.05, 4.69) is 17.0 Å². The monoisotopic (exact) mass is 183 g/mol. The Morgan fingerprint density at radius 1 is 1.67 bits per heavy atom. The van der Waals surface area contributed by atoms with E-state index in [4.69, 9.17) is 12.2 Å². The van der Waals surface area contributed by atoms with E-state index in [1.165, 1.54) is 12.8 Å². The number of H-pyrrole nitrogens is 1. The first-order valence-electron chi connectivity index (χ1n) is 4.31. The molecule has 0 saturated heterocycles. The maximum atomic E-state index is 5.02. The molecule has 1 saturated carbocycles. The van der Waals surface area contributed by atoms with E-state index < -0.39 is 0 Å². The average Bonchev–Trinajstić information content (AvgIpc) is 2.80. The first-order valence-corrected chi connectivity index (χ1v) is 4.72. The number of nitrogens with one attached hydrogen (secondary N) is 1. The zero-order valence-corrected chi connectivity index (χ0v) is 8.19. The second-order valence-corrected chi connectivity index (χ2v) is 3.94. The van der Waals surface area contributed by atoms with Crippen LogP contribution in [0.1, 0.15) is 31.5 Å². The molecule has 0 aromatic carbocycles. The second kappa shape index (κ2) is 2.69. The van der Waals surface area contributed by atoms with Gasteiger partial charge in [-0.25, -0.2) is 4.98 Å². The van der Waals surface area contributed by atoms with Crippen molar-refractivity contribution in [3.8, 4) is 0 Å². The minimum Gasteiger partial charge on any atom is -0.283 e.